The van der Waals surface area contributed by atoms with Crippen LogP contribution in [0.2, 0.25) is 0 Å². The minimum atomic E-state index is -0.152. The first-order valence-corrected chi connectivity index (χ1v) is 10.4. The summed E-state index contributed by atoms with van der Waals surface area (Å²) in [7, 11) is 0. The molecule has 0 bridgehead atoms. The quantitative estimate of drug-likeness (QED) is 0.566. The van der Waals surface area contributed by atoms with Gasteiger partial charge in [0.15, 0.2) is 5.65 Å². The molecule has 1 aliphatic heterocycles. The van der Waals surface area contributed by atoms with Gasteiger partial charge < -0.3 is 4.90 Å². The Bertz CT molecular complexity index is 1200. The van der Waals surface area contributed by atoms with Crippen LogP contribution in [0.5, 0.6) is 0 Å². The van der Waals surface area contributed by atoms with Crippen molar-refractivity contribution in [3.63, 3.8) is 0 Å². The number of nitrogens with one attached hydrogen (secondary N) is 1. The molecule has 4 heterocycles. The Morgan fingerprint density at radius 3 is 2.50 bits per heavy atom. The maximum atomic E-state index is 13.0. The van der Waals surface area contributed by atoms with E-state index in [0.717, 1.165) is 43.5 Å². The molecule has 1 aliphatic rings. The van der Waals surface area contributed by atoms with Gasteiger partial charge in [-0.3, -0.25) is 14.8 Å². The molecule has 0 unspecified atom stereocenters. The molecule has 5 rings (SSSR count). The topological polar surface area (TPSA) is 74.8 Å². The summed E-state index contributed by atoms with van der Waals surface area (Å²) in [6, 6.07) is 16.3. The number of pyridine rings is 2. The fourth-order valence-corrected chi connectivity index (χ4v) is 4.27. The lowest BCUT2D eigenvalue weighted by Crippen LogP contribution is -2.36. The van der Waals surface area contributed by atoms with Gasteiger partial charge in [-0.15, -0.1) is 0 Å². The van der Waals surface area contributed by atoms with Crippen LogP contribution in [0.1, 0.15) is 18.4 Å². The van der Waals surface area contributed by atoms with Gasteiger partial charge in [-0.25, -0.2) is 4.98 Å². The lowest BCUT2D eigenvalue weighted by molar-refractivity contribution is 0.400. The zero-order chi connectivity index (χ0) is 20.3. The highest BCUT2D eigenvalue weighted by Gasteiger charge is 2.22. The van der Waals surface area contributed by atoms with Crippen LogP contribution >= 0.6 is 0 Å². The van der Waals surface area contributed by atoms with Crippen molar-refractivity contribution in [2.45, 2.75) is 19.3 Å². The second-order valence-electron chi connectivity index (χ2n) is 7.80. The number of nitrogens with zero attached hydrogens (tertiary/aromatic N) is 4. The molecule has 0 radical (unpaired) electrons. The smallest absolute Gasteiger partial charge is 0.262 e. The van der Waals surface area contributed by atoms with Gasteiger partial charge in [0.1, 0.15) is 0 Å². The van der Waals surface area contributed by atoms with Crippen molar-refractivity contribution in [1.29, 1.82) is 0 Å². The first-order chi connectivity index (χ1) is 14.8. The SMILES string of the molecule is O=c1[nH]c(N2CCC(Cc3ccccc3)CC2)nc2nccc(-c3ccncc3)c12. The summed E-state index contributed by atoms with van der Waals surface area (Å²) in [5.41, 5.74) is 3.47. The van der Waals surface area contributed by atoms with E-state index in [0.29, 0.717) is 22.9 Å². The number of H-pyrrole nitrogens is 1. The van der Waals surface area contributed by atoms with E-state index < -0.39 is 0 Å². The van der Waals surface area contributed by atoms with Crippen LogP contribution in [-0.4, -0.2) is 33.0 Å². The van der Waals surface area contributed by atoms with Gasteiger partial charge in [0.25, 0.3) is 5.56 Å². The maximum absolute atomic E-state index is 13.0. The molecular weight excluding hydrogens is 374 g/mol. The normalized spacial score (nSPS) is 14.9. The number of benzene rings is 1. The Hall–Kier alpha value is -3.54. The summed E-state index contributed by atoms with van der Waals surface area (Å²) in [5.74, 6) is 1.28. The molecule has 0 atom stereocenters. The predicted octanol–water partition coefficient (Wildman–Crippen LogP) is 3.84. The fraction of sp³-hybridized carbons (Fsp3) is 0.250. The third-order valence-corrected chi connectivity index (χ3v) is 5.87. The Balaban J connectivity index is 1.38. The van der Waals surface area contributed by atoms with Gasteiger partial charge in [0.2, 0.25) is 5.95 Å². The van der Waals surface area contributed by atoms with Crippen molar-refractivity contribution in [2.24, 2.45) is 5.92 Å². The lowest BCUT2D eigenvalue weighted by Gasteiger charge is -2.32. The largest absolute Gasteiger partial charge is 0.342 e. The summed E-state index contributed by atoms with van der Waals surface area (Å²) < 4.78 is 0. The van der Waals surface area contributed by atoms with Gasteiger partial charge in [-0.05, 0) is 60.1 Å². The molecule has 1 fully saturated rings. The van der Waals surface area contributed by atoms with E-state index >= 15 is 0 Å². The van der Waals surface area contributed by atoms with Gasteiger partial charge >= 0.3 is 0 Å². The van der Waals surface area contributed by atoms with Crippen molar-refractivity contribution in [2.75, 3.05) is 18.0 Å². The molecule has 0 aliphatic carbocycles. The predicted molar refractivity (Wildman–Crippen MR) is 118 cm³/mol. The van der Waals surface area contributed by atoms with E-state index in [1.165, 1.54) is 5.56 Å². The Kier molecular flexibility index (Phi) is 4.97. The lowest BCUT2D eigenvalue weighted by atomic mass is 9.90. The number of aromatic amines is 1. The molecule has 3 aromatic heterocycles. The Morgan fingerprint density at radius 2 is 1.73 bits per heavy atom. The standard InChI is InChI=1S/C24H23N5O/c30-23-21-20(19-6-11-25-12-7-19)8-13-26-22(21)27-24(28-23)29-14-9-18(10-15-29)16-17-4-2-1-3-5-17/h1-8,11-13,18H,9-10,14-16H2,(H,26,27,28,30). The molecule has 0 spiro atoms. The molecular formula is C24H23N5O. The van der Waals surface area contributed by atoms with Crippen LogP contribution in [0.15, 0.2) is 71.9 Å². The second-order valence-corrected chi connectivity index (χ2v) is 7.80. The van der Waals surface area contributed by atoms with E-state index in [1.807, 2.05) is 18.2 Å². The summed E-state index contributed by atoms with van der Waals surface area (Å²) in [5, 5.41) is 0.520. The monoisotopic (exact) mass is 397 g/mol. The number of aromatic nitrogens is 4. The molecule has 150 valence electrons. The minimum absolute atomic E-state index is 0.152. The molecule has 1 aromatic carbocycles. The van der Waals surface area contributed by atoms with Crippen LogP contribution in [-0.2, 0) is 6.42 Å². The zero-order valence-corrected chi connectivity index (χ0v) is 16.7. The average Bonchev–Trinajstić information content (AvgIpc) is 2.80. The van der Waals surface area contributed by atoms with Crippen LogP contribution < -0.4 is 10.5 Å². The third-order valence-electron chi connectivity index (χ3n) is 5.87. The molecule has 6 nitrogen and oxygen atoms in total. The van der Waals surface area contributed by atoms with Gasteiger partial charge in [0, 0.05) is 31.7 Å². The minimum Gasteiger partial charge on any atom is -0.342 e. The van der Waals surface area contributed by atoms with E-state index in [9.17, 15) is 4.79 Å². The zero-order valence-electron chi connectivity index (χ0n) is 16.7. The first kappa shape index (κ1) is 18.5. The van der Waals surface area contributed by atoms with Crippen LogP contribution in [0.4, 0.5) is 5.95 Å². The maximum Gasteiger partial charge on any atom is 0.262 e. The number of anilines is 1. The van der Waals surface area contributed by atoms with Crippen molar-refractivity contribution in [3.05, 3.63) is 83.0 Å². The van der Waals surface area contributed by atoms with E-state index in [4.69, 9.17) is 4.98 Å². The molecule has 6 heteroatoms. The number of fused-ring (bicyclic) bond motifs is 1. The summed E-state index contributed by atoms with van der Waals surface area (Å²) in [4.78, 5) is 31.3. The van der Waals surface area contributed by atoms with Gasteiger partial charge in [-0.1, -0.05) is 30.3 Å². The Morgan fingerprint density at radius 1 is 0.967 bits per heavy atom. The number of hydrogen-bond donors (Lipinski definition) is 1. The molecule has 1 N–H and O–H groups in total. The van der Waals surface area contributed by atoms with E-state index in [2.05, 4.69) is 50.2 Å². The van der Waals surface area contributed by atoms with Gasteiger partial charge in [0.05, 0.1) is 5.39 Å². The molecule has 4 aromatic rings. The van der Waals surface area contributed by atoms with Crippen molar-refractivity contribution < 1.29 is 0 Å². The highest BCUT2D eigenvalue weighted by Crippen LogP contribution is 2.26. The number of rotatable bonds is 4. The third kappa shape index (κ3) is 3.68. The summed E-state index contributed by atoms with van der Waals surface area (Å²) in [6.45, 7) is 1.77. The van der Waals surface area contributed by atoms with Crippen molar-refractivity contribution in [1.82, 2.24) is 19.9 Å². The second kappa shape index (κ2) is 8.06. The number of hydrogen-bond acceptors (Lipinski definition) is 5. The summed E-state index contributed by atoms with van der Waals surface area (Å²) in [6.07, 6.45) is 8.42. The molecule has 0 amide bonds. The van der Waals surface area contributed by atoms with E-state index in [1.54, 1.807) is 18.6 Å². The molecule has 0 saturated carbocycles. The highest BCUT2D eigenvalue weighted by molar-refractivity contribution is 5.92. The van der Waals surface area contributed by atoms with Crippen LogP contribution in [0.25, 0.3) is 22.2 Å². The first-order valence-electron chi connectivity index (χ1n) is 10.4. The van der Waals surface area contributed by atoms with Crippen LogP contribution in [0.3, 0.4) is 0 Å². The number of piperidine rings is 1. The molecule has 30 heavy (non-hydrogen) atoms. The Labute approximate surface area is 174 Å². The summed E-state index contributed by atoms with van der Waals surface area (Å²) >= 11 is 0. The highest BCUT2D eigenvalue weighted by atomic mass is 16.1. The molecule has 1 saturated heterocycles. The van der Waals surface area contributed by atoms with Crippen LogP contribution in [0, 0.1) is 5.92 Å². The van der Waals surface area contributed by atoms with Crippen molar-refractivity contribution >= 4 is 17.0 Å². The average molecular weight is 397 g/mol. The van der Waals surface area contributed by atoms with E-state index in [-0.39, 0.29) is 5.56 Å². The van der Waals surface area contributed by atoms with Gasteiger partial charge in [-0.2, -0.15) is 4.98 Å². The van der Waals surface area contributed by atoms with Crippen molar-refractivity contribution in [3.8, 4) is 11.1 Å². The fourth-order valence-electron chi connectivity index (χ4n) is 4.27.